The Labute approximate surface area is 171 Å². The molecule has 28 heavy (non-hydrogen) atoms. The van der Waals surface area contributed by atoms with Crippen molar-refractivity contribution >= 4 is 23.2 Å². The van der Waals surface area contributed by atoms with Gasteiger partial charge in [0, 0.05) is 50.4 Å². The fraction of sp³-hybridized carbons (Fsp3) is 0.652. The fourth-order valence-electron chi connectivity index (χ4n) is 2.96. The van der Waals surface area contributed by atoms with Crippen molar-refractivity contribution in [3.8, 4) is 0 Å². The lowest BCUT2D eigenvalue weighted by atomic mass is 9.91. The standard InChI is InChI=1S/C23H39N3O2/c1-10-17(4)26(21(27)14-23(5,6)7)15-18-13-19(24-22(28)16(2)3)11-12-20(18)25(8)9/h11-13,16-17H,10,14-15H2,1-9H3,(H,24,28)/t17-/m0/s1. The van der Waals surface area contributed by atoms with Gasteiger partial charge in [-0.2, -0.15) is 0 Å². The Kier molecular flexibility index (Phi) is 8.52. The number of amides is 2. The van der Waals surface area contributed by atoms with Gasteiger partial charge in [-0.15, -0.1) is 0 Å². The van der Waals surface area contributed by atoms with E-state index < -0.39 is 0 Å². The van der Waals surface area contributed by atoms with Gasteiger partial charge in [-0.25, -0.2) is 0 Å². The summed E-state index contributed by atoms with van der Waals surface area (Å²) in [6.07, 6.45) is 1.41. The molecule has 2 amide bonds. The van der Waals surface area contributed by atoms with Crippen LogP contribution in [0, 0.1) is 11.3 Å². The maximum Gasteiger partial charge on any atom is 0.226 e. The van der Waals surface area contributed by atoms with Crippen molar-refractivity contribution in [3.05, 3.63) is 23.8 Å². The first-order chi connectivity index (χ1) is 12.9. The SMILES string of the molecule is CC[C@H](C)N(Cc1cc(NC(=O)C(C)C)ccc1N(C)C)C(=O)CC(C)(C)C. The summed E-state index contributed by atoms with van der Waals surface area (Å²) in [5.74, 6) is 0.0799. The van der Waals surface area contributed by atoms with E-state index in [4.69, 9.17) is 0 Å². The molecule has 0 radical (unpaired) electrons. The van der Waals surface area contributed by atoms with Crippen molar-refractivity contribution < 1.29 is 9.59 Å². The largest absolute Gasteiger partial charge is 0.377 e. The van der Waals surface area contributed by atoms with Crippen LogP contribution in [0.1, 0.15) is 66.9 Å². The molecule has 1 aromatic carbocycles. The number of rotatable bonds is 8. The van der Waals surface area contributed by atoms with E-state index in [1.165, 1.54) is 0 Å². The van der Waals surface area contributed by atoms with Gasteiger partial charge in [-0.1, -0.05) is 41.5 Å². The quantitative estimate of drug-likeness (QED) is 0.687. The van der Waals surface area contributed by atoms with Gasteiger partial charge in [-0.05, 0) is 42.5 Å². The van der Waals surface area contributed by atoms with E-state index in [-0.39, 0.29) is 29.2 Å². The first kappa shape index (κ1) is 24.0. The molecule has 1 atom stereocenters. The van der Waals surface area contributed by atoms with E-state index in [2.05, 4.69) is 39.9 Å². The van der Waals surface area contributed by atoms with Crippen LogP contribution in [0.5, 0.6) is 0 Å². The summed E-state index contributed by atoms with van der Waals surface area (Å²) < 4.78 is 0. The lowest BCUT2D eigenvalue weighted by Crippen LogP contribution is -2.39. The maximum absolute atomic E-state index is 13.0. The molecule has 0 saturated heterocycles. The smallest absolute Gasteiger partial charge is 0.226 e. The molecule has 5 heteroatoms. The van der Waals surface area contributed by atoms with E-state index in [0.29, 0.717) is 13.0 Å². The monoisotopic (exact) mass is 389 g/mol. The average Bonchev–Trinajstić information content (AvgIpc) is 2.57. The second-order valence-electron chi connectivity index (χ2n) is 9.40. The number of anilines is 2. The van der Waals surface area contributed by atoms with Crippen molar-refractivity contribution in [1.29, 1.82) is 0 Å². The summed E-state index contributed by atoms with van der Waals surface area (Å²) >= 11 is 0. The van der Waals surface area contributed by atoms with Crippen molar-refractivity contribution in [2.75, 3.05) is 24.3 Å². The Hall–Kier alpha value is -2.04. The number of carbonyl (C=O) groups excluding carboxylic acids is 2. The van der Waals surface area contributed by atoms with Gasteiger partial charge >= 0.3 is 0 Å². The molecular weight excluding hydrogens is 350 g/mol. The molecule has 0 saturated carbocycles. The van der Waals surface area contributed by atoms with Crippen molar-refractivity contribution in [2.24, 2.45) is 11.3 Å². The zero-order chi connectivity index (χ0) is 21.6. The number of hydrogen-bond donors (Lipinski definition) is 1. The summed E-state index contributed by atoms with van der Waals surface area (Å²) in [6, 6.07) is 6.08. The van der Waals surface area contributed by atoms with Crippen LogP contribution in [0.2, 0.25) is 0 Å². The number of nitrogens with one attached hydrogen (secondary N) is 1. The van der Waals surface area contributed by atoms with Crippen LogP contribution in [0.4, 0.5) is 11.4 Å². The molecular formula is C23H39N3O2. The van der Waals surface area contributed by atoms with E-state index in [9.17, 15) is 9.59 Å². The van der Waals surface area contributed by atoms with E-state index in [1.807, 2.05) is 55.9 Å². The molecule has 0 fully saturated rings. The van der Waals surface area contributed by atoms with E-state index >= 15 is 0 Å². The normalized spacial score (nSPS) is 12.6. The zero-order valence-corrected chi connectivity index (χ0v) is 19.2. The van der Waals surface area contributed by atoms with Crippen LogP contribution < -0.4 is 10.2 Å². The Morgan fingerprint density at radius 3 is 2.18 bits per heavy atom. The molecule has 0 aliphatic heterocycles. The van der Waals surface area contributed by atoms with Gasteiger partial charge in [0.25, 0.3) is 0 Å². The zero-order valence-electron chi connectivity index (χ0n) is 19.2. The highest BCUT2D eigenvalue weighted by atomic mass is 16.2. The van der Waals surface area contributed by atoms with Crippen LogP contribution in [-0.2, 0) is 16.1 Å². The van der Waals surface area contributed by atoms with Crippen LogP contribution in [0.3, 0.4) is 0 Å². The van der Waals surface area contributed by atoms with Gasteiger partial charge in [0.15, 0.2) is 0 Å². The topological polar surface area (TPSA) is 52.7 Å². The molecule has 158 valence electrons. The molecule has 0 unspecified atom stereocenters. The minimum Gasteiger partial charge on any atom is -0.377 e. The molecule has 1 aromatic rings. The second-order valence-corrected chi connectivity index (χ2v) is 9.40. The Morgan fingerprint density at radius 2 is 1.71 bits per heavy atom. The Morgan fingerprint density at radius 1 is 1.11 bits per heavy atom. The summed E-state index contributed by atoms with van der Waals surface area (Å²) in [5.41, 5.74) is 2.81. The third-order valence-electron chi connectivity index (χ3n) is 4.82. The lowest BCUT2D eigenvalue weighted by molar-refractivity contribution is -0.136. The molecule has 0 spiro atoms. The summed E-state index contributed by atoms with van der Waals surface area (Å²) in [4.78, 5) is 29.2. The molecule has 1 rings (SSSR count). The predicted molar refractivity (Wildman–Crippen MR) is 119 cm³/mol. The van der Waals surface area contributed by atoms with Crippen LogP contribution in [-0.4, -0.2) is 36.9 Å². The van der Waals surface area contributed by atoms with Gasteiger partial charge < -0.3 is 15.1 Å². The molecule has 1 N–H and O–H groups in total. The summed E-state index contributed by atoms with van der Waals surface area (Å²) in [5, 5.41) is 2.97. The Balaban J connectivity index is 3.24. The van der Waals surface area contributed by atoms with Gasteiger partial charge in [0.05, 0.1) is 0 Å². The highest BCUT2D eigenvalue weighted by Gasteiger charge is 2.25. The third-order valence-corrected chi connectivity index (χ3v) is 4.82. The van der Waals surface area contributed by atoms with Crippen molar-refractivity contribution in [1.82, 2.24) is 4.90 Å². The first-order valence-electron chi connectivity index (χ1n) is 10.3. The first-order valence-corrected chi connectivity index (χ1v) is 10.3. The van der Waals surface area contributed by atoms with Crippen molar-refractivity contribution in [3.63, 3.8) is 0 Å². The number of nitrogens with zero attached hydrogens (tertiary/aromatic N) is 2. The minimum atomic E-state index is -0.0815. The molecule has 0 bridgehead atoms. The molecule has 0 aliphatic rings. The summed E-state index contributed by atoms with van der Waals surface area (Å²) in [7, 11) is 3.99. The Bertz CT molecular complexity index is 675. The molecule has 5 nitrogen and oxygen atoms in total. The molecule has 0 aromatic heterocycles. The average molecular weight is 390 g/mol. The molecule has 0 aliphatic carbocycles. The minimum absolute atomic E-state index is 0.00820. The van der Waals surface area contributed by atoms with Crippen molar-refractivity contribution in [2.45, 2.75) is 73.9 Å². The van der Waals surface area contributed by atoms with E-state index in [0.717, 1.165) is 23.4 Å². The fourth-order valence-corrected chi connectivity index (χ4v) is 2.96. The van der Waals surface area contributed by atoms with Crippen LogP contribution in [0.15, 0.2) is 18.2 Å². The highest BCUT2D eigenvalue weighted by Crippen LogP contribution is 2.28. The van der Waals surface area contributed by atoms with Gasteiger partial charge in [0.2, 0.25) is 11.8 Å². The maximum atomic E-state index is 13.0. The summed E-state index contributed by atoms with van der Waals surface area (Å²) in [6.45, 7) is 14.8. The van der Waals surface area contributed by atoms with Gasteiger partial charge in [0.1, 0.15) is 0 Å². The van der Waals surface area contributed by atoms with Crippen LogP contribution >= 0.6 is 0 Å². The second kappa shape index (κ2) is 9.94. The number of carbonyl (C=O) groups is 2. The number of hydrogen-bond acceptors (Lipinski definition) is 3. The van der Waals surface area contributed by atoms with Gasteiger partial charge in [-0.3, -0.25) is 9.59 Å². The molecule has 0 heterocycles. The van der Waals surface area contributed by atoms with Crippen LogP contribution in [0.25, 0.3) is 0 Å². The number of benzene rings is 1. The predicted octanol–water partition coefficient (Wildman–Crippen LogP) is 4.91. The highest BCUT2D eigenvalue weighted by molar-refractivity contribution is 5.92. The third kappa shape index (κ3) is 7.17. The lowest BCUT2D eigenvalue weighted by Gasteiger charge is -2.33. The van der Waals surface area contributed by atoms with E-state index in [1.54, 1.807) is 0 Å².